The number of carbonyl (C=O) groups is 1. The van der Waals surface area contributed by atoms with Crippen LogP contribution >= 0.6 is 0 Å². The van der Waals surface area contributed by atoms with E-state index in [4.69, 9.17) is 0 Å². The van der Waals surface area contributed by atoms with Gasteiger partial charge in [-0.1, -0.05) is 12.2 Å². The summed E-state index contributed by atoms with van der Waals surface area (Å²) in [7, 11) is 0. The van der Waals surface area contributed by atoms with Crippen LogP contribution in [0.15, 0.2) is 12.2 Å². The molecule has 1 heterocycles. The predicted octanol–water partition coefficient (Wildman–Crippen LogP) is 0.177. The van der Waals surface area contributed by atoms with Gasteiger partial charge in [-0.25, -0.2) is 4.79 Å². The van der Waals surface area contributed by atoms with Crippen LogP contribution in [-0.4, -0.2) is 43.7 Å². The van der Waals surface area contributed by atoms with Gasteiger partial charge in [0.2, 0.25) is 0 Å². The Bertz CT molecular complexity index is 203. The molecule has 1 aliphatic rings. The second-order valence-corrected chi connectivity index (χ2v) is 3.35. The van der Waals surface area contributed by atoms with Crippen molar-refractivity contribution in [1.82, 2.24) is 15.5 Å². The van der Waals surface area contributed by atoms with E-state index in [1.807, 2.05) is 11.8 Å². The van der Waals surface area contributed by atoms with Crippen molar-refractivity contribution in [3.05, 3.63) is 12.2 Å². The van der Waals surface area contributed by atoms with Crippen molar-refractivity contribution >= 4 is 6.03 Å². The number of urea groups is 1. The number of nitrogens with one attached hydrogen (secondary N) is 2. The van der Waals surface area contributed by atoms with Gasteiger partial charge in [0.05, 0.1) is 0 Å². The van der Waals surface area contributed by atoms with Crippen molar-refractivity contribution in [3.63, 3.8) is 0 Å². The van der Waals surface area contributed by atoms with Gasteiger partial charge in [-0.15, -0.1) is 0 Å². The molecule has 1 aliphatic heterocycles. The lowest BCUT2D eigenvalue weighted by atomic mass is 10.3. The molecule has 74 valence electrons. The topological polar surface area (TPSA) is 44.4 Å². The molecule has 4 nitrogen and oxygen atoms in total. The molecule has 0 bridgehead atoms. The molecule has 0 atom stereocenters. The van der Waals surface area contributed by atoms with Crippen molar-refractivity contribution in [2.24, 2.45) is 0 Å². The lowest BCUT2D eigenvalue weighted by Crippen LogP contribution is -2.35. The Kier molecular flexibility index (Phi) is 3.76. The third-order valence-electron chi connectivity index (χ3n) is 1.93. The monoisotopic (exact) mass is 183 g/mol. The number of amides is 2. The van der Waals surface area contributed by atoms with Gasteiger partial charge in [0.25, 0.3) is 0 Å². The van der Waals surface area contributed by atoms with E-state index < -0.39 is 0 Å². The van der Waals surface area contributed by atoms with Crippen LogP contribution in [0.3, 0.4) is 0 Å². The van der Waals surface area contributed by atoms with Crippen LogP contribution in [0.4, 0.5) is 4.79 Å². The van der Waals surface area contributed by atoms with E-state index in [0.29, 0.717) is 0 Å². The first-order valence-corrected chi connectivity index (χ1v) is 4.58. The summed E-state index contributed by atoms with van der Waals surface area (Å²) in [6, 6.07) is 0.0529. The molecule has 0 aromatic heterocycles. The fourth-order valence-electron chi connectivity index (χ4n) is 1.24. The summed E-state index contributed by atoms with van der Waals surface area (Å²) in [6.07, 6.45) is 0. The number of hydrogen-bond donors (Lipinski definition) is 2. The number of rotatable bonds is 5. The van der Waals surface area contributed by atoms with Crippen LogP contribution in [0.5, 0.6) is 0 Å². The van der Waals surface area contributed by atoms with E-state index in [9.17, 15) is 4.79 Å². The van der Waals surface area contributed by atoms with E-state index in [1.165, 1.54) is 0 Å². The summed E-state index contributed by atoms with van der Waals surface area (Å²) in [5, 5.41) is 5.97. The molecule has 2 amide bonds. The normalized spacial score (nSPS) is 16.1. The fourth-order valence-corrected chi connectivity index (χ4v) is 1.24. The highest BCUT2D eigenvalue weighted by Crippen LogP contribution is 1.94. The predicted molar refractivity (Wildman–Crippen MR) is 52.7 cm³/mol. The zero-order chi connectivity index (χ0) is 9.68. The molecule has 4 heteroatoms. The Labute approximate surface area is 79.0 Å². The Morgan fingerprint density at radius 1 is 1.77 bits per heavy atom. The minimum atomic E-state index is 0.0529. The van der Waals surface area contributed by atoms with Gasteiger partial charge < -0.3 is 15.5 Å². The lowest BCUT2D eigenvalue weighted by Gasteiger charge is -2.14. The molecule has 0 spiro atoms. The van der Waals surface area contributed by atoms with E-state index in [2.05, 4.69) is 17.2 Å². The molecule has 2 N–H and O–H groups in total. The fraction of sp³-hybridized carbons (Fsp3) is 0.667. The first-order valence-electron chi connectivity index (χ1n) is 4.58. The summed E-state index contributed by atoms with van der Waals surface area (Å²) in [5.41, 5.74) is 1.12. The average molecular weight is 183 g/mol. The minimum absolute atomic E-state index is 0.0529. The van der Waals surface area contributed by atoms with Crippen molar-refractivity contribution in [1.29, 1.82) is 0 Å². The van der Waals surface area contributed by atoms with E-state index in [0.717, 1.165) is 38.3 Å². The maximum atomic E-state index is 11.1. The highest BCUT2D eigenvalue weighted by Gasteiger charge is 2.17. The number of hydrogen-bond acceptors (Lipinski definition) is 2. The van der Waals surface area contributed by atoms with Crippen LogP contribution in [0, 0.1) is 0 Å². The molecule has 0 aliphatic carbocycles. The van der Waals surface area contributed by atoms with Crippen molar-refractivity contribution in [2.45, 2.75) is 6.92 Å². The smallest absolute Gasteiger partial charge is 0.317 e. The largest absolute Gasteiger partial charge is 0.336 e. The second-order valence-electron chi connectivity index (χ2n) is 3.35. The molecule has 1 fully saturated rings. The second kappa shape index (κ2) is 4.87. The van der Waals surface area contributed by atoms with Crippen LogP contribution in [-0.2, 0) is 0 Å². The summed E-state index contributed by atoms with van der Waals surface area (Å²) >= 11 is 0. The lowest BCUT2D eigenvalue weighted by molar-refractivity contribution is 0.217. The average Bonchev–Trinajstić information content (AvgIpc) is 2.45. The van der Waals surface area contributed by atoms with Gasteiger partial charge in [-0.3, -0.25) is 0 Å². The van der Waals surface area contributed by atoms with Gasteiger partial charge in [-0.2, -0.15) is 0 Å². The molecular formula is C9H17N3O. The first kappa shape index (κ1) is 10.1. The van der Waals surface area contributed by atoms with Gasteiger partial charge >= 0.3 is 6.03 Å². The third kappa shape index (κ3) is 3.46. The molecule has 0 unspecified atom stereocenters. The van der Waals surface area contributed by atoms with Crippen molar-refractivity contribution in [2.75, 3.05) is 32.7 Å². The maximum Gasteiger partial charge on any atom is 0.317 e. The number of carbonyl (C=O) groups excluding carboxylic acids is 1. The van der Waals surface area contributed by atoms with Crippen LogP contribution in [0.2, 0.25) is 0 Å². The van der Waals surface area contributed by atoms with Gasteiger partial charge in [0.1, 0.15) is 0 Å². The van der Waals surface area contributed by atoms with Crippen molar-refractivity contribution < 1.29 is 4.79 Å². The van der Waals surface area contributed by atoms with Crippen LogP contribution in [0.25, 0.3) is 0 Å². The van der Waals surface area contributed by atoms with Crippen LogP contribution < -0.4 is 10.6 Å². The molecule has 0 saturated carbocycles. The molecule has 1 saturated heterocycles. The van der Waals surface area contributed by atoms with E-state index >= 15 is 0 Å². The molecule has 13 heavy (non-hydrogen) atoms. The van der Waals surface area contributed by atoms with E-state index in [1.54, 1.807) is 0 Å². The van der Waals surface area contributed by atoms with Crippen LogP contribution in [0.1, 0.15) is 6.92 Å². The zero-order valence-corrected chi connectivity index (χ0v) is 8.10. The minimum Gasteiger partial charge on any atom is -0.336 e. The van der Waals surface area contributed by atoms with E-state index in [-0.39, 0.29) is 6.03 Å². The summed E-state index contributed by atoms with van der Waals surface area (Å²) in [5.74, 6) is 0. The van der Waals surface area contributed by atoms with Crippen molar-refractivity contribution in [3.8, 4) is 0 Å². The Balaban J connectivity index is 2.05. The quantitative estimate of drug-likeness (QED) is 0.471. The molecular weight excluding hydrogens is 166 g/mol. The summed E-state index contributed by atoms with van der Waals surface area (Å²) in [4.78, 5) is 12.9. The Morgan fingerprint density at radius 3 is 3.08 bits per heavy atom. The maximum absolute atomic E-state index is 11.1. The van der Waals surface area contributed by atoms with Gasteiger partial charge in [0.15, 0.2) is 0 Å². The Hall–Kier alpha value is -1.03. The van der Waals surface area contributed by atoms with Gasteiger partial charge in [0, 0.05) is 32.7 Å². The third-order valence-corrected chi connectivity index (χ3v) is 1.93. The summed E-state index contributed by atoms with van der Waals surface area (Å²) in [6.45, 7) is 9.81. The first-order chi connectivity index (χ1) is 6.20. The highest BCUT2D eigenvalue weighted by molar-refractivity contribution is 5.76. The Morgan fingerprint density at radius 2 is 2.54 bits per heavy atom. The molecule has 0 aromatic carbocycles. The van der Waals surface area contributed by atoms with Gasteiger partial charge in [-0.05, 0) is 6.92 Å². The zero-order valence-electron chi connectivity index (χ0n) is 8.10. The molecule has 1 rings (SSSR count). The molecule has 0 aromatic rings. The molecule has 0 radical (unpaired) electrons. The summed E-state index contributed by atoms with van der Waals surface area (Å²) < 4.78 is 0. The standard InChI is InChI=1S/C9H17N3O/c1-8(2)7-10-3-5-12-6-4-11-9(12)13/h10H,1,3-7H2,2H3,(H,11,13). The SMILES string of the molecule is C=C(C)CNCCN1CCNC1=O. The number of nitrogens with zero attached hydrogens (tertiary/aromatic N) is 1. The highest BCUT2D eigenvalue weighted by atomic mass is 16.2.